The fourth-order valence-electron chi connectivity index (χ4n) is 4.04. The maximum absolute atomic E-state index is 12.5. The van der Waals surface area contributed by atoms with Crippen LogP contribution in [0.4, 0.5) is 0 Å². The Hall–Kier alpha value is -3.91. The summed E-state index contributed by atoms with van der Waals surface area (Å²) in [6.45, 7) is 1.01. The van der Waals surface area contributed by atoms with Crippen LogP contribution in [0.3, 0.4) is 0 Å². The number of hydrogen-bond acceptors (Lipinski definition) is 6. The van der Waals surface area contributed by atoms with Crippen molar-refractivity contribution in [2.75, 3.05) is 19.9 Å². The molecule has 3 aromatic rings. The van der Waals surface area contributed by atoms with Gasteiger partial charge in [-0.1, -0.05) is 17.7 Å². The summed E-state index contributed by atoms with van der Waals surface area (Å²) in [5.41, 5.74) is 2.07. The number of amides is 1. The lowest BCUT2D eigenvalue weighted by Gasteiger charge is -2.24. The first-order valence-corrected chi connectivity index (χ1v) is 11.5. The van der Waals surface area contributed by atoms with E-state index in [2.05, 4.69) is 5.32 Å². The molecule has 0 saturated heterocycles. The predicted octanol–water partition coefficient (Wildman–Crippen LogP) is 4.78. The first-order valence-electron chi connectivity index (χ1n) is 11.1. The lowest BCUT2D eigenvalue weighted by Crippen LogP contribution is -2.25. The minimum atomic E-state index is -0.913. The van der Waals surface area contributed by atoms with Crippen LogP contribution < -0.4 is 24.3 Å². The van der Waals surface area contributed by atoms with Gasteiger partial charge in [0.05, 0.1) is 17.5 Å². The molecule has 2 aliphatic heterocycles. The van der Waals surface area contributed by atoms with Gasteiger partial charge in [0.25, 0.3) is 5.91 Å². The molecule has 0 spiro atoms. The maximum Gasteiger partial charge on any atom is 0.311 e. The second-order valence-corrected chi connectivity index (χ2v) is 8.58. The van der Waals surface area contributed by atoms with Gasteiger partial charge in [0.15, 0.2) is 11.5 Å². The molecule has 0 aromatic heterocycles. The van der Waals surface area contributed by atoms with Gasteiger partial charge in [-0.05, 0) is 60.9 Å². The van der Waals surface area contributed by atoms with Crippen molar-refractivity contribution < 1.29 is 33.6 Å². The number of halogens is 1. The minimum absolute atomic E-state index is 0.197. The molecule has 2 heterocycles. The number of carboxylic acid groups (broad SMARTS) is 1. The zero-order chi connectivity index (χ0) is 24.4. The molecule has 1 amide bonds. The van der Waals surface area contributed by atoms with Gasteiger partial charge >= 0.3 is 5.97 Å². The number of hydrogen-bond donors (Lipinski definition) is 2. The van der Waals surface area contributed by atoms with Gasteiger partial charge in [0.1, 0.15) is 17.2 Å². The molecule has 0 saturated carbocycles. The van der Waals surface area contributed by atoms with E-state index in [1.54, 1.807) is 36.4 Å². The van der Waals surface area contributed by atoms with Crippen LogP contribution in [0.15, 0.2) is 54.6 Å². The Kier molecular flexibility index (Phi) is 6.37. The summed E-state index contributed by atoms with van der Waals surface area (Å²) in [5.74, 6) is 0.952. The molecule has 1 unspecified atom stereocenters. The number of carboxylic acids is 1. The summed E-state index contributed by atoms with van der Waals surface area (Å²) >= 11 is 6.35. The molecule has 35 heavy (non-hydrogen) atoms. The lowest BCUT2D eigenvalue weighted by atomic mass is 9.93. The van der Waals surface area contributed by atoms with Gasteiger partial charge in [-0.25, -0.2) is 0 Å². The standard InChI is InChI=1S/C26H22ClNO7/c27-20-12-19-18(26(30)31)8-10-32-22(19)13-23(20)35-17-4-2-16(3-5-17)25(29)28-9-7-15-1-6-21-24(11-15)34-14-33-21/h1-6,11-13,18H,7-10,14H2,(H,28,29)(H,30,31). The Morgan fingerprint density at radius 2 is 1.80 bits per heavy atom. The number of aliphatic carboxylic acids is 1. The van der Waals surface area contributed by atoms with E-state index in [1.165, 1.54) is 0 Å². The van der Waals surface area contributed by atoms with Gasteiger partial charge in [0, 0.05) is 23.7 Å². The van der Waals surface area contributed by atoms with E-state index >= 15 is 0 Å². The van der Waals surface area contributed by atoms with Crippen LogP contribution in [0.2, 0.25) is 5.02 Å². The third-order valence-corrected chi connectivity index (χ3v) is 6.18. The van der Waals surface area contributed by atoms with Crippen LogP contribution in [0.5, 0.6) is 28.7 Å². The van der Waals surface area contributed by atoms with E-state index in [9.17, 15) is 14.7 Å². The monoisotopic (exact) mass is 495 g/mol. The molecule has 5 rings (SSSR count). The number of fused-ring (bicyclic) bond motifs is 2. The van der Waals surface area contributed by atoms with Crippen LogP contribution in [-0.2, 0) is 11.2 Å². The van der Waals surface area contributed by atoms with Crippen molar-refractivity contribution in [3.8, 4) is 28.7 Å². The van der Waals surface area contributed by atoms with Crippen molar-refractivity contribution in [3.05, 3.63) is 76.3 Å². The topological polar surface area (TPSA) is 103 Å². The van der Waals surface area contributed by atoms with E-state index in [1.807, 2.05) is 18.2 Å². The molecule has 0 fully saturated rings. The molecule has 3 aromatic carbocycles. The Bertz CT molecular complexity index is 1280. The van der Waals surface area contributed by atoms with Gasteiger partial charge < -0.3 is 29.4 Å². The number of carbonyl (C=O) groups is 2. The summed E-state index contributed by atoms with van der Waals surface area (Å²) in [5, 5.41) is 12.6. The van der Waals surface area contributed by atoms with Crippen LogP contribution >= 0.6 is 11.6 Å². The maximum atomic E-state index is 12.5. The lowest BCUT2D eigenvalue weighted by molar-refractivity contribution is -0.139. The second-order valence-electron chi connectivity index (χ2n) is 8.17. The summed E-state index contributed by atoms with van der Waals surface area (Å²) in [4.78, 5) is 24.0. The van der Waals surface area contributed by atoms with Crippen molar-refractivity contribution in [3.63, 3.8) is 0 Å². The highest BCUT2D eigenvalue weighted by Crippen LogP contribution is 2.41. The van der Waals surface area contributed by atoms with Gasteiger partial charge in [-0.2, -0.15) is 0 Å². The van der Waals surface area contributed by atoms with Crippen molar-refractivity contribution in [2.45, 2.75) is 18.8 Å². The third kappa shape index (κ3) is 4.97. The molecule has 0 aliphatic carbocycles. The van der Waals surface area contributed by atoms with Gasteiger partial charge in [0.2, 0.25) is 6.79 Å². The molecule has 8 nitrogen and oxygen atoms in total. The summed E-state index contributed by atoms with van der Waals surface area (Å²) in [7, 11) is 0. The molecule has 180 valence electrons. The Labute approximate surface area is 206 Å². The molecule has 9 heteroatoms. The number of benzene rings is 3. The highest BCUT2D eigenvalue weighted by Gasteiger charge is 2.29. The highest BCUT2D eigenvalue weighted by atomic mass is 35.5. The summed E-state index contributed by atoms with van der Waals surface area (Å²) in [6, 6.07) is 15.6. The summed E-state index contributed by atoms with van der Waals surface area (Å²) < 4.78 is 22.2. The third-order valence-electron chi connectivity index (χ3n) is 5.88. The van der Waals surface area contributed by atoms with Crippen molar-refractivity contribution >= 4 is 23.5 Å². The smallest absolute Gasteiger partial charge is 0.311 e. The number of carbonyl (C=O) groups excluding carboxylic acids is 1. The van der Waals surface area contributed by atoms with Crippen LogP contribution in [0.1, 0.15) is 33.8 Å². The first-order chi connectivity index (χ1) is 17.0. The first kappa shape index (κ1) is 22.9. The fourth-order valence-corrected chi connectivity index (χ4v) is 4.26. The number of rotatable bonds is 7. The minimum Gasteiger partial charge on any atom is -0.493 e. The Balaban J connectivity index is 1.19. The average Bonchev–Trinajstić information content (AvgIpc) is 3.32. The molecule has 0 radical (unpaired) electrons. The molecular weight excluding hydrogens is 474 g/mol. The van der Waals surface area contributed by atoms with Crippen LogP contribution in [0.25, 0.3) is 0 Å². The molecular formula is C26H22ClNO7. The molecule has 2 aliphatic rings. The van der Waals surface area contributed by atoms with E-state index in [0.717, 1.165) is 17.1 Å². The zero-order valence-electron chi connectivity index (χ0n) is 18.6. The van der Waals surface area contributed by atoms with Crippen molar-refractivity contribution in [1.82, 2.24) is 5.32 Å². The van der Waals surface area contributed by atoms with Crippen molar-refractivity contribution in [1.29, 1.82) is 0 Å². The van der Waals surface area contributed by atoms with E-state index < -0.39 is 11.9 Å². The SMILES string of the molecule is O=C(NCCc1ccc2c(c1)OCO2)c1ccc(Oc2cc3c(cc2Cl)C(C(=O)O)CCO3)cc1. The van der Waals surface area contributed by atoms with Gasteiger partial charge in [-0.15, -0.1) is 0 Å². The number of ether oxygens (including phenoxy) is 4. The Morgan fingerprint density at radius 1 is 1.00 bits per heavy atom. The molecule has 0 bridgehead atoms. The quantitative estimate of drug-likeness (QED) is 0.486. The second kappa shape index (κ2) is 9.76. The van der Waals surface area contributed by atoms with E-state index in [4.69, 9.17) is 30.5 Å². The van der Waals surface area contributed by atoms with Crippen LogP contribution in [-0.4, -0.2) is 36.9 Å². The van der Waals surface area contributed by atoms with Gasteiger partial charge in [-0.3, -0.25) is 9.59 Å². The Morgan fingerprint density at radius 3 is 2.60 bits per heavy atom. The fraction of sp³-hybridized carbons (Fsp3) is 0.231. The van der Waals surface area contributed by atoms with E-state index in [-0.39, 0.29) is 17.7 Å². The zero-order valence-corrected chi connectivity index (χ0v) is 19.3. The van der Waals surface area contributed by atoms with E-state index in [0.29, 0.717) is 54.4 Å². The molecule has 2 N–H and O–H groups in total. The highest BCUT2D eigenvalue weighted by molar-refractivity contribution is 6.32. The van der Waals surface area contributed by atoms with Crippen LogP contribution in [0, 0.1) is 0 Å². The summed E-state index contributed by atoms with van der Waals surface area (Å²) in [6.07, 6.45) is 1.05. The number of nitrogens with one attached hydrogen (secondary N) is 1. The largest absolute Gasteiger partial charge is 0.493 e. The molecule has 1 atom stereocenters. The predicted molar refractivity (Wildman–Crippen MR) is 127 cm³/mol. The average molecular weight is 496 g/mol. The normalized spacial score (nSPS) is 15.6. The van der Waals surface area contributed by atoms with Crippen molar-refractivity contribution in [2.24, 2.45) is 0 Å².